The van der Waals surface area contributed by atoms with E-state index in [-0.39, 0.29) is 23.6 Å². The van der Waals surface area contributed by atoms with Crippen molar-refractivity contribution in [2.45, 2.75) is 38.6 Å². The first-order chi connectivity index (χ1) is 10.9. The van der Waals surface area contributed by atoms with Crippen LogP contribution in [-0.4, -0.2) is 70.1 Å². The molecule has 134 valence electrons. The van der Waals surface area contributed by atoms with Crippen LogP contribution in [0.3, 0.4) is 0 Å². The molecule has 2 heterocycles. The lowest BCUT2D eigenvalue weighted by Crippen LogP contribution is -2.44. The number of carbonyl (C=O) groups excluding carboxylic acids is 1. The Morgan fingerprint density at radius 3 is 2.57 bits per heavy atom. The Morgan fingerprint density at radius 2 is 1.96 bits per heavy atom. The third kappa shape index (κ3) is 6.04. The average Bonchev–Trinajstić information content (AvgIpc) is 2.88. The topological polar surface area (TPSA) is 75.7 Å². The van der Waals surface area contributed by atoms with E-state index in [1.165, 1.54) is 6.26 Å². The van der Waals surface area contributed by atoms with Crippen molar-refractivity contribution < 1.29 is 17.9 Å². The van der Waals surface area contributed by atoms with Crippen molar-refractivity contribution in [1.29, 1.82) is 0 Å². The fourth-order valence-electron chi connectivity index (χ4n) is 3.53. The summed E-state index contributed by atoms with van der Waals surface area (Å²) in [7, 11) is -2.94. The summed E-state index contributed by atoms with van der Waals surface area (Å²) < 4.78 is 28.0. The molecule has 2 atom stereocenters. The lowest BCUT2D eigenvalue weighted by atomic mass is 9.95. The van der Waals surface area contributed by atoms with Gasteiger partial charge in [-0.3, -0.25) is 9.69 Å². The van der Waals surface area contributed by atoms with Crippen LogP contribution in [-0.2, 0) is 19.4 Å². The smallest absolute Gasteiger partial charge is 0.223 e. The van der Waals surface area contributed by atoms with Gasteiger partial charge in [0.1, 0.15) is 9.84 Å². The molecule has 2 rings (SSSR count). The van der Waals surface area contributed by atoms with Crippen molar-refractivity contribution in [3.8, 4) is 0 Å². The Balaban J connectivity index is 1.88. The van der Waals surface area contributed by atoms with Gasteiger partial charge in [-0.05, 0) is 25.2 Å². The standard InChI is InChI=1S/C16H30N2O4S/c1-3-4-14-11-18(7-10-23(2,20)21)12-15(14)17-16(19)13-5-8-22-9-6-13/h13-15H,3-12H2,1-2H3,(H,17,19)/t14-,15-/m0/s1. The largest absolute Gasteiger partial charge is 0.381 e. The SMILES string of the molecule is CCC[C@H]1CN(CCS(C)(=O)=O)C[C@@H]1NC(=O)C1CCOCC1. The highest BCUT2D eigenvalue weighted by Gasteiger charge is 2.34. The first-order valence-electron chi connectivity index (χ1n) is 8.67. The molecule has 7 heteroatoms. The fraction of sp³-hybridized carbons (Fsp3) is 0.938. The summed E-state index contributed by atoms with van der Waals surface area (Å²) in [5.41, 5.74) is 0. The number of nitrogens with zero attached hydrogens (tertiary/aromatic N) is 1. The second-order valence-corrected chi connectivity index (χ2v) is 9.20. The number of ether oxygens (including phenoxy) is 1. The van der Waals surface area contributed by atoms with Gasteiger partial charge in [0.15, 0.2) is 0 Å². The van der Waals surface area contributed by atoms with E-state index in [1.807, 2.05) is 0 Å². The normalized spacial score (nSPS) is 27.2. The zero-order valence-corrected chi connectivity index (χ0v) is 15.1. The van der Waals surface area contributed by atoms with Crippen LogP contribution in [0.15, 0.2) is 0 Å². The molecule has 0 unspecified atom stereocenters. The zero-order chi connectivity index (χ0) is 16.9. The van der Waals surface area contributed by atoms with E-state index in [1.54, 1.807) is 0 Å². The van der Waals surface area contributed by atoms with E-state index in [0.29, 0.717) is 25.7 Å². The number of hydrogen-bond acceptors (Lipinski definition) is 5. The summed E-state index contributed by atoms with van der Waals surface area (Å²) in [4.78, 5) is 14.6. The summed E-state index contributed by atoms with van der Waals surface area (Å²) in [6.07, 6.45) is 5.02. The molecular formula is C16H30N2O4S. The molecule has 1 N–H and O–H groups in total. The highest BCUT2D eigenvalue weighted by atomic mass is 32.2. The summed E-state index contributed by atoms with van der Waals surface area (Å²) >= 11 is 0. The van der Waals surface area contributed by atoms with Crippen molar-refractivity contribution >= 4 is 15.7 Å². The van der Waals surface area contributed by atoms with Gasteiger partial charge in [0, 0.05) is 51.1 Å². The van der Waals surface area contributed by atoms with E-state index in [2.05, 4.69) is 17.1 Å². The van der Waals surface area contributed by atoms with E-state index < -0.39 is 9.84 Å². The number of carbonyl (C=O) groups is 1. The van der Waals surface area contributed by atoms with Crippen LogP contribution in [0.4, 0.5) is 0 Å². The van der Waals surface area contributed by atoms with Crippen molar-refractivity contribution in [3.05, 3.63) is 0 Å². The van der Waals surface area contributed by atoms with Gasteiger partial charge in [-0.1, -0.05) is 13.3 Å². The van der Waals surface area contributed by atoms with Crippen LogP contribution in [0.2, 0.25) is 0 Å². The quantitative estimate of drug-likeness (QED) is 0.733. The zero-order valence-electron chi connectivity index (χ0n) is 14.3. The van der Waals surface area contributed by atoms with E-state index in [4.69, 9.17) is 4.74 Å². The van der Waals surface area contributed by atoms with Crippen LogP contribution in [0, 0.1) is 11.8 Å². The Bertz CT molecular complexity index is 488. The molecule has 2 aliphatic rings. The first kappa shape index (κ1) is 18.7. The summed E-state index contributed by atoms with van der Waals surface area (Å²) in [5, 5.41) is 3.23. The monoisotopic (exact) mass is 346 g/mol. The van der Waals surface area contributed by atoms with E-state index >= 15 is 0 Å². The van der Waals surface area contributed by atoms with Gasteiger partial charge in [-0.25, -0.2) is 8.42 Å². The molecule has 23 heavy (non-hydrogen) atoms. The highest BCUT2D eigenvalue weighted by molar-refractivity contribution is 7.90. The van der Waals surface area contributed by atoms with Crippen molar-refractivity contribution in [1.82, 2.24) is 10.2 Å². The predicted molar refractivity (Wildman–Crippen MR) is 90.0 cm³/mol. The van der Waals surface area contributed by atoms with Gasteiger partial charge >= 0.3 is 0 Å². The lowest BCUT2D eigenvalue weighted by molar-refractivity contribution is -0.128. The maximum Gasteiger partial charge on any atom is 0.223 e. The average molecular weight is 346 g/mol. The second-order valence-electron chi connectivity index (χ2n) is 6.94. The number of nitrogens with one attached hydrogen (secondary N) is 1. The van der Waals surface area contributed by atoms with E-state index in [0.717, 1.165) is 38.8 Å². The van der Waals surface area contributed by atoms with Gasteiger partial charge in [0.05, 0.1) is 5.75 Å². The third-order valence-electron chi connectivity index (χ3n) is 4.87. The molecule has 6 nitrogen and oxygen atoms in total. The Hall–Kier alpha value is -0.660. The van der Waals surface area contributed by atoms with Crippen molar-refractivity contribution in [3.63, 3.8) is 0 Å². The molecule has 0 bridgehead atoms. The molecule has 0 aliphatic carbocycles. The van der Waals surface area contributed by atoms with Gasteiger partial charge in [0.25, 0.3) is 0 Å². The van der Waals surface area contributed by atoms with E-state index in [9.17, 15) is 13.2 Å². The fourth-order valence-corrected chi connectivity index (χ4v) is 4.12. The minimum Gasteiger partial charge on any atom is -0.381 e. The molecule has 1 amide bonds. The van der Waals surface area contributed by atoms with Crippen molar-refractivity contribution in [2.75, 3.05) is 44.9 Å². The lowest BCUT2D eigenvalue weighted by Gasteiger charge is -2.25. The molecule has 2 fully saturated rings. The van der Waals surface area contributed by atoms with Crippen LogP contribution < -0.4 is 5.32 Å². The van der Waals surface area contributed by atoms with Gasteiger partial charge < -0.3 is 10.1 Å². The molecular weight excluding hydrogens is 316 g/mol. The Kier molecular flexibility index (Phi) is 6.85. The minimum atomic E-state index is -2.94. The Labute approximate surface area is 139 Å². The van der Waals surface area contributed by atoms with Gasteiger partial charge in [-0.15, -0.1) is 0 Å². The van der Waals surface area contributed by atoms with Gasteiger partial charge in [-0.2, -0.15) is 0 Å². The number of sulfone groups is 1. The summed E-state index contributed by atoms with van der Waals surface area (Å²) in [6, 6.07) is 0.143. The molecule has 0 saturated carbocycles. The molecule has 0 aromatic carbocycles. The summed E-state index contributed by atoms with van der Waals surface area (Å²) in [5.74, 6) is 0.816. The second kappa shape index (κ2) is 8.44. The van der Waals surface area contributed by atoms with Crippen LogP contribution >= 0.6 is 0 Å². The van der Waals surface area contributed by atoms with Gasteiger partial charge in [0.2, 0.25) is 5.91 Å². The maximum atomic E-state index is 12.4. The minimum absolute atomic E-state index is 0.0658. The number of hydrogen-bond donors (Lipinski definition) is 1. The van der Waals surface area contributed by atoms with Crippen LogP contribution in [0.5, 0.6) is 0 Å². The van der Waals surface area contributed by atoms with Crippen LogP contribution in [0.1, 0.15) is 32.6 Å². The number of likely N-dealkylation sites (tertiary alicyclic amines) is 1. The highest BCUT2D eigenvalue weighted by Crippen LogP contribution is 2.23. The predicted octanol–water partition coefficient (Wildman–Crippen LogP) is 0.674. The molecule has 0 radical (unpaired) electrons. The summed E-state index contributed by atoms with van der Waals surface area (Å²) in [6.45, 7) is 5.68. The number of amides is 1. The molecule has 2 aliphatic heterocycles. The Morgan fingerprint density at radius 1 is 1.26 bits per heavy atom. The molecule has 2 saturated heterocycles. The molecule has 0 spiro atoms. The first-order valence-corrected chi connectivity index (χ1v) is 10.7. The molecule has 0 aromatic heterocycles. The van der Waals surface area contributed by atoms with Crippen molar-refractivity contribution in [2.24, 2.45) is 11.8 Å². The number of rotatable bonds is 7. The maximum absolute atomic E-state index is 12.4. The third-order valence-corrected chi connectivity index (χ3v) is 5.80. The van der Waals surface area contributed by atoms with Crippen LogP contribution in [0.25, 0.3) is 0 Å². The molecule has 0 aromatic rings.